The molecule has 0 aliphatic carbocycles. The molecule has 0 saturated carbocycles. The van der Waals surface area contributed by atoms with Gasteiger partial charge in [-0.25, -0.2) is 9.18 Å². The van der Waals surface area contributed by atoms with Crippen LogP contribution in [-0.2, 0) is 5.75 Å². The molecule has 0 atom stereocenters. The summed E-state index contributed by atoms with van der Waals surface area (Å²) in [5, 5.41) is 19.3. The summed E-state index contributed by atoms with van der Waals surface area (Å²) in [6, 6.07) is 8.03. The first-order chi connectivity index (χ1) is 9.11. The number of hydrogen-bond acceptors (Lipinski definition) is 4. The number of benzene rings is 1. The minimum atomic E-state index is -0.963. The van der Waals surface area contributed by atoms with Crippen LogP contribution in [0.4, 0.5) is 4.39 Å². The second-order valence-corrected chi connectivity index (χ2v) is 5.59. The predicted molar refractivity (Wildman–Crippen MR) is 72.0 cm³/mol. The van der Waals surface area contributed by atoms with Crippen molar-refractivity contribution in [2.24, 2.45) is 0 Å². The zero-order valence-electron chi connectivity index (χ0n) is 9.59. The number of aromatic carboxylic acids is 1. The second-order valence-electron chi connectivity index (χ2n) is 3.63. The molecule has 0 radical (unpaired) electrons. The first-order valence-corrected chi connectivity index (χ1v) is 7.10. The highest BCUT2D eigenvalue weighted by Gasteiger charge is 2.10. The Bertz CT molecular complexity index is 661. The SMILES string of the molecule is N#Cc1cccc(CSc2csc(C(=O)O)c2)c1F. The molecule has 1 N–H and O–H groups in total. The molecule has 19 heavy (non-hydrogen) atoms. The first kappa shape index (κ1) is 13.6. The maximum absolute atomic E-state index is 13.8. The van der Waals surface area contributed by atoms with Crippen LogP contribution in [0.3, 0.4) is 0 Å². The van der Waals surface area contributed by atoms with Gasteiger partial charge in [0, 0.05) is 16.0 Å². The molecule has 0 amide bonds. The normalized spacial score (nSPS) is 10.1. The third-order valence-corrected chi connectivity index (χ3v) is 4.47. The van der Waals surface area contributed by atoms with Crippen molar-refractivity contribution in [2.75, 3.05) is 0 Å². The van der Waals surface area contributed by atoms with Crippen molar-refractivity contribution in [2.45, 2.75) is 10.6 Å². The van der Waals surface area contributed by atoms with E-state index in [0.717, 1.165) is 16.2 Å². The largest absolute Gasteiger partial charge is 0.477 e. The zero-order chi connectivity index (χ0) is 13.8. The topological polar surface area (TPSA) is 61.1 Å². The summed E-state index contributed by atoms with van der Waals surface area (Å²) in [4.78, 5) is 11.8. The molecule has 96 valence electrons. The van der Waals surface area contributed by atoms with Gasteiger partial charge in [0.25, 0.3) is 0 Å². The summed E-state index contributed by atoms with van der Waals surface area (Å²) >= 11 is 2.48. The van der Waals surface area contributed by atoms with Gasteiger partial charge in [-0.3, -0.25) is 0 Å². The molecule has 1 aromatic carbocycles. The van der Waals surface area contributed by atoms with Gasteiger partial charge in [-0.15, -0.1) is 23.1 Å². The Kier molecular flexibility index (Phi) is 4.20. The lowest BCUT2D eigenvalue weighted by atomic mass is 10.1. The fraction of sp³-hybridized carbons (Fsp3) is 0.0769. The van der Waals surface area contributed by atoms with Crippen LogP contribution in [0.5, 0.6) is 0 Å². The van der Waals surface area contributed by atoms with Crippen LogP contribution in [0.2, 0.25) is 0 Å². The Labute approximate surface area is 117 Å². The molecule has 0 spiro atoms. The molecule has 2 aromatic rings. The summed E-state index contributed by atoms with van der Waals surface area (Å²) in [5.74, 6) is -1.11. The van der Waals surface area contributed by atoms with Crippen LogP contribution in [-0.4, -0.2) is 11.1 Å². The highest BCUT2D eigenvalue weighted by molar-refractivity contribution is 7.98. The lowest BCUT2D eigenvalue weighted by Crippen LogP contribution is -1.92. The molecule has 2 rings (SSSR count). The Morgan fingerprint density at radius 3 is 2.95 bits per heavy atom. The van der Waals surface area contributed by atoms with E-state index in [1.165, 1.54) is 17.8 Å². The van der Waals surface area contributed by atoms with Crippen molar-refractivity contribution in [3.05, 3.63) is 51.5 Å². The molecule has 1 heterocycles. The van der Waals surface area contributed by atoms with E-state index in [1.54, 1.807) is 29.6 Å². The van der Waals surface area contributed by atoms with Crippen LogP contribution < -0.4 is 0 Å². The van der Waals surface area contributed by atoms with Gasteiger partial charge in [0.2, 0.25) is 0 Å². The van der Waals surface area contributed by atoms with E-state index in [-0.39, 0.29) is 10.4 Å². The summed E-state index contributed by atoms with van der Waals surface area (Å²) in [6.45, 7) is 0. The van der Waals surface area contributed by atoms with Gasteiger partial charge >= 0.3 is 5.97 Å². The number of hydrogen-bond donors (Lipinski definition) is 1. The van der Waals surface area contributed by atoms with Crippen molar-refractivity contribution in [1.82, 2.24) is 0 Å². The van der Waals surface area contributed by atoms with Crippen molar-refractivity contribution >= 4 is 29.1 Å². The molecule has 0 bridgehead atoms. The molecule has 6 heteroatoms. The van der Waals surface area contributed by atoms with Gasteiger partial charge in [-0.2, -0.15) is 5.26 Å². The minimum absolute atomic E-state index is 0.0228. The quantitative estimate of drug-likeness (QED) is 0.872. The van der Waals surface area contributed by atoms with Crippen LogP contribution >= 0.6 is 23.1 Å². The maximum Gasteiger partial charge on any atom is 0.345 e. The van der Waals surface area contributed by atoms with Crippen molar-refractivity contribution in [3.8, 4) is 6.07 Å². The van der Waals surface area contributed by atoms with Crippen LogP contribution in [0.15, 0.2) is 34.5 Å². The zero-order valence-corrected chi connectivity index (χ0v) is 11.2. The van der Waals surface area contributed by atoms with E-state index in [0.29, 0.717) is 11.3 Å². The molecule has 0 fully saturated rings. The number of carboxylic acid groups (broad SMARTS) is 1. The van der Waals surface area contributed by atoms with Gasteiger partial charge in [0.1, 0.15) is 16.8 Å². The standard InChI is InChI=1S/C13H8FNO2S2/c14-12-8(5-15)2-1-3-9(12)6-18-10-4-11(13(16)17)19-7-10/h1-4,7H,6H2,(H,16,17). The summed E-state index contributed by atoms with van der Waals surface area (Å²) in [6.07, 6.45) is 0. The number of thioether (sulfide) groups is 1. The van der Waals surface area contributed by atoms with Crippen LogP contribution in [0.25, 0.3) is 0 Å². The summed E-state index contributed by atoms with van der Waals surface area (Å²) in [7, 11) is 0. The predicted octanol–water partition coefficient (Wildman–Crippen LogP) is 3.75. The number of thiophene rings is 1. The van der Waals surface area contributed by atoms with Gasteiger partial charge in [0.05, 0.1) is 5.56 Å². The lowest BCUT2D eigenvalue weighted by Gasteiger charge is -2.02. The molecule has 0 aliphatic rings. The average Bonchev–Trinajstić information content (AvgIpc) is 2.86. The van der Waals surface area contributed by atoms with Gasteiger partial charge in [-0.05, 0) is 17.7 Å². The molecular formula is C13H8FNO2S2. The third kappa shape index (κ3) is 3.13. The highest BCUT2D eigenvalue weighted by atomic mass is 32.2. The smallest absolute Gasteiger partial charge is 0.345 e. The minimum Gasteiger partial charge on any atom is -0.477 e. The molecule has 0 saturated heterocycles. The van der Waals surface area contributed by atoms with E-state index < -0.39 is 11.8 Å². The second kappa shape index (κ2) is 5.87. The Balaban J connectivity index is 2.10. The number of halogens is 1. The monoisotopic (exact) mass is 293 g/mol. The molecule has 3 nitrogen and oxygen atoms in total. The van der Waals surface area contributed by atoms with Gasteiger partial charge in [-0.1, -0.05) is 12.1 Å². The fourth-order valence-corrected chi connectivity index (χ4v) is 3.29. The summed E-state index contributed by atoms with van der Waals surface area (Å²) < 4.78 is 13.8. The fourth-order valence-electron chi connectivity index (χ4n) is 1.45. The first-order valence-electron chi connectivity index (χ1n) is 5.24. The van der Waals surface area contributed by atoms with Crippen LogP contribution in [0.1, 0.15) is 20.8 Å². The van der Waals surface area contributed by atoms with Crippen molar-refractivity contribution in [1.29, 1.82) is 5.26 Å². The van der Waals surface area contributed by atoms with Gasteiger partial charge < -0.3 is 5.11 Å². The van der Waals surface area contributed by atoms with E-state index in [4.69, 9.17) is 10.4 Å². The van der Waals surface area contributed by atoms with E-state index >= 15 is 0 Å². The maximum atomic E-state index is 13.8. The lowest BCUT2D eigenvalue weighted by molar-refractivity contribution is 0.0702. The van der Waals surface area contributed by atoms with Gasteiger partial charge in [0.15, 0.2) is 0 Å². The number of carboxylic acids is 1. The Hall–Kier alpha value is -1.84. The van der Waals surface area contributed by atoms with Crippen molar-refractivity contribution < 1.29 is 14.3 Å². The number of rotatable bonds is 4. The number of nitriles is 1. The third-order valence-electron chi connectivity index (χ3n) is 2.38. The van der Waals surface area contributed by atoms with E-state index in [9.17, 15) is 9.18 Å². The molecule has 0 aliphatic heterocycles. The molecule has 1 aromatic heterocycles. The molecule has 0 unspecified atom stereocenters. The highest BCUT2D eigenvalue weighted by Crippen LogP contribution is 2.29. The summed E-state index contributed by atoms with van der Waals surface area (Å²) in [5.41, 5.74) is 0.460. The number of carbonyl (C=O) groups is 1. The molecular weight excluding hydrogens is 285 g/mol. The van der Waals surface area contributed by atoms with Crippen molar-refractivity contribution in [3.63, 3.8) is 0 Å². The van der Waals surface area contributed by atoms with E-state index in [1.807, 2.05) is 0 Å². The number of nitrogens with zero attached hydrogens (tertiary/aromatic N) is 1. The van der Waals surface area contributed by atoms with E-state index in [2.05, 4.69) is 0 Å². The Morgan fingerprint density at radius 1 is 1.53 bits per heavy atom. The Morgan fingerprint density at radius 2 is 2.32 bits per heavy atom. The van der Waals surface area contributed by atoms with Crippen LogP contribution in [0, 0.1) is 17.1 Å². The average molecular weight is 293 g/mol.